The Bertz CT molecular complexity index is 697. The molecule has 0 radical (unpaired) electrons. The standard InChI is InChI=1S/C17H19BrFN3O.HI/c1-20-17(21-10-12-5-3-4-6-15(12)19)22-11-13-9-14(18)7-8-16(13)23-2;/h3-9H,10-11H2,1-2H3,(H2,20,21,22);1H. The second-order valence-corrected chi connectivity index (χ2v) is 5.74. The number of guanidine groups is 1. The van der Waals surface area contributed by atoms with Crippen LogP contribution in [0.4, 0.5) is 4.39 Å². The molecular weight excluding hydrogens is 488 g/mol. The number of benzene rings is 2. The van der Waals surface area contributed by atoms with E-state index in [4.69, 9.17) is 4.74 Å². The van der Waals surface area contributed by atoms with Crippen molar-refractivity contribution >= 4 is 45.9 Å². The molecule has 0 aliphatic heterocycles. The molecule has 0 aliphatic rings. The van der Waals surface area contributed by atoms with Crippen LogP contribution in [0.1, 0.15) is 11.1 Å². The first-order chi connectivity index (χ1) is 11.1. The van der Waals surface area contributed by atoms with E-state index in [-0.39, 0.29) is 29.8 Å². The number of hydrogen-bond donors (Lipinski definition) is 2. The lowest BCUT2D eigenvalue weighted by Crippen LogP contribution is -2.36. The molecule has 0 amide bonds. The Labute approximate surface area is 167 Å². The third-order valence-electron chi connectivity index (χ3n) is 3.32. The largest absolute Gasteiger partial charge is 0.496 e. The van der Waals surface area contributed by atoms with Crippen molar-refractivity contribution in [2.45, 2.75) is 13.1 Å². The third-order valence-corrected chi connectivity index (χ3v) is 3.81. The Morgan fingerprint density at radius 1 is 1.12 bits per heavy atom. The number of nitrogens with zero attached hydrogens (tertiary/aromatic N) is 1. The maximum Gasteiger partial charge on any atom is 0.191 e. The molecule has 0 saturated carbocycles. The molecule has 7 heteroatoms. The minimum atomic E-state index is -0.232. The van der Waals surface area contributed by atoms with Crippen molar-refractivity contribution in [1.29, 1.82) is 0 Å². The zero-order valence-electron chi connectivity index (χ0n) is 13.5. The van der Waals surface area contributed by atoms with Crippen molar-refractivity contribution in [2.24, 2.45) is 4.99 Å². The summed E-state index contributed by atoms with van der Waals surface area (Å²) >= 11 is 3.45. The smallest absolute Gasteiger partial charge is 0.191 e. The number of nitrogens with one attached hydrogen (secondary N) is 2. The molecular formula is C17H20BrFIN3O. The minimum absolute atomic E-state index is 0. The van der Waals surface area contributed by atoms with Gasteiger partial charge in [0, 0.05) is 35.7 Å². The second-order valence-electron chi connectivity index (χ2n) is 4.83. The average molecular weight is 508 g/mol. The van der Waals surface area contributed by atoms with E-state index < -0.39 is 0 Å². The average Bonchev–Trinajstić information content (AvgIpc) is 2.56. The van der Waals surface area contributed by atoms with Gasteiger partial charge in [-0.2, -0.15) is 0 Å². The number of aliphatic imine (C=N–C) groups is 1. The van der Waals surface area contributed by atoms with Crippen LogP contribution in [0.3, 0.4) is 0 Å². The van der Waals surface area contributed by atoms with Gasteiger partial charge in [-0.05, 0) is 24.3 Å². The molecule has 4 nitrogen and oxygen atoms in total. The van der Waals surface area contributed by atoms with Gasteiger partial charge in [-0.1, -0.05) is 34.1 Å². The van der Waals surface area contributed by atoms with Crippen LogP contribution >= 0.6 is 39.9 Å². The molecule has 0 spiro atoms. The summed E-state index contributed by atoms with van der Waals surface area (Å²) in [5, 5.41) is 6.29. The lowest BCUT2D eigenvalue weighted by molar-refractivity contribution is 0.409. The number of ether oxygens (including phenoxy) is 1. The monoisotopic (exact) mass is 507 g/mol. The molecule has 0 saturated heterocycles. The fraction of sp³-hybridized carbons (Fsp3) is 0.235. The van der Waals surface area contributed by atoms with Crippen molar-refractivity contribution in [3.63, 3.8) is 0 Å². The van der Waals surface area contributed by atoms with Gasteiger partial charge in [-0.25, -0.2) is 4.39 Å². The first kappa shape index (κ1) is 20.7. The predicted molar refractivity (Wildman–Crippen MR) is 110 cm³/mol. The van der Waals surface area contributed by atoms with Gasteiger partial charge < -0.3 is 15.4 Å². The quantitative estimate of drug-likeness (QED) is 0.364. The van der Waals surface area contributed by atoms with E-state index in [1.54, 1.807) is 26.3 Å². The number of hydrogen-bond acceptors (Lipinski definition) is 2. The molecule has 0 atom stereocenters. The highest BCUT2D eigenvalue weighted by molar-refractivity contribution is 14.0. The van der Waals surface area contributed by atoms with E-state index in [1.807, 2.05) is 24.3 Å². The van der Waals surface area contributed by atoms with Crippen LogP contribution in [0.15, 0.2) is 51.9 Å². The van der Waals surface area contributed by atoms with E-state index in [0.717, 1.165) is 15.8 Å². The fourth-order valence-electron chi connectivity index (χ4n) is 2.11. The van der Waals surface area contributed by atoms with Crippen molar-refractivity contribution in [2.75, 3.05) is 14.2 Å². The van der Waals surface area contributed by atoms with Crippen LogP contribution in [0.2, 0.25) is 0 Å². The topological polar surface area (TPSA) is 45.7 Å². The normalized spacial score (nSPS) is 10.8. The van der Waals surface area contributed by atoms with E-state index >= 15 is 0 Å². The van der Waals surface area contributed by atoms with Gasteiger partial charge in [0.15, 0.2) is 5.96 Å². The van der Waals surface area contributed by atoms with Crippen LogP contribution in [0.5, 0.6) is 5.75 Å². The van der Waals surface area contributed by atoms with E-state index in [1.165, 1.54) is 6.07 Å². The molecule has 2 N–H and O–H groups in total. The summed E-state index contributed by atoms with van der Waals surface area (Å²) < 4.78 is 19.9. The molecule has 0 heterocycles. The molecule has 24 heavy (non-hydrogen) atoms. The molecule has 0 unspecified atom stereocenters. The van der Waals surface area contributed by atoms with Crippen molar-refractivity contribution in [3.8, 4) is 5.75 Å². The molecule has 2 aromatic rings. The van der Waals surface area contributed by atoms with Crippen LogP contribution in [-0.2, 0) is 13.1 Å². The minimum Gasteiger partial charge on any atom is -0.496 e. The zero-order chi connectivity index (χ0) is 16.7. The summed E-state index contributed by atoms with van der Waals surface area (Å²) in [4.78, 5) is 4.15. The van der Waals surface area contributed by atoms with Gasteiger partial charge in [-0.3, -0.25) is 4.99 Å². The molecule has 0 fully saturated rings. The number of methoxy groups -OCH3 is 1. The zero-order valence-corrected chi connectivity index (χ0v) is 17.4. The van der Waals surface area contributed by atoms with Crippen molar-refractivity contribution in [3.05, 3.63) is 63.9 Å². The Hall–Kier alpha value is -1.35. The highest BCUT2D eigenvalue weighted by Gasteiger charge is 2.06. The van der Waals surface area contributed by atoms with Gasteiger partial charge in [0.25, 0.3) is 0 Å². The van der Waals surface area contributed by atoms with Gasteiger partial charge in [0.1, 0.15) is 11.6 Å². The number of rotatable bonds is 5. The summed E-state index contributed by atoms with van der Waals surface area (Å²) in [6.45, 7) is 0.904. The lowest BCUT2D eigenvalue weighted by atomic mass is 10.2. The van der Waals surface area contributed by atoms with Gasteiger partial charge in [0.2, 0.25) is 0 Å². The molecule has 2 aromatic carbocycles. The molecule has 0 aromatic heterocycles. The first-order valence-electron chi connectivity index (χ1n) is 7.14. The van der Waals surface area contributed by atoms with E-state index in [0.29, 0.717) is 24.6 Å². The van der Waals surface area contributed by atoms with Crippen LogP contribution in [-0.4, -0.2) is 20.1 Å². The Kier molecular flexibility index (Phi) is 9.05. The predicted octanol–water partition coefficient (Wildman–Crippen LogP) is 4.08. The van der Waals surface area contributed by atoms with Gasteiger partial charge in [-0.15, -0.1) is 24.0 Å². The Balaban J connectivity index is 0.00000288. The fourth-order valence-corrected chi connectivity index (χ4v) is 2.51. The second kappa shape index (κ2) is 10.5. The SMILES string of the molecule is CN=C(NCc1ccccc1F)NCc1cc(Br)ccc1OC.I. The number of halogens is 3. The van der Waals surface area contributed by atoms with E-state index in [2.05, 4.69) is 31.6 Å². The Morgan fingerprint density at radius 3 is 2.42 bits per heavy atom. The summed E-state index contributed by atoms with van der Waals surface area (Å²) in [5.41, 5.74) is 1.59. The molecule has 0 aliphatic carbocycles. The lowest BCUT2D eigenvalue weighted by Gasteiger charge is -2.14. The first-order valence-corrected chi connectivity index (χ1v) is 7.93. The van der Waals surface area contributed by atoms with Crippen molar-refractivity contribution in [1.82, 2.24) is 10.6 Å². The van der Waals surface area contributed by atoms with E-state index in [9.17, 15) is 4.39 Å². The maximum absolute atomic E-state index is 13.6. The van der Waals surface area contributed by atoms with Gasteiger partial charge in [0.05, 0.1) is 7.11 Å². The van der Waals surface area contributed by atoms with Crippen LogP contribution in [0.25, 0.3) is 0 Å². The molecule has 0 bridgehead atoms. The maximum atomic E-state index is 13.6. The summed E-state index contributed by atoms with van der Waals surface area (Å²) in [5.74, 6) is 1.16. The van der Waals surface area contributed by atoms with Crippen molar-refractivity contribution < 1.29 is 9.13 Å². The highest BCUT2D eigenvalue weighted by atomic mass is 127. The summed E-state index contributed by atoms with van der Waals surface area (Å²) in [6, 6.07) is 12.5. The Morgan fingerprint density at radius 2 is 1.79 bits per heavy atom. The third kappa shape index (κ3) is 5.94. The van der Waals surface area contributed by atoms with Crippen LogP contribution in [0, 0.1) is 5.82 Å². The molecule has 130 valence electrons. The highest BCUT2D eigenvalue weighted by Crippen LogP contribution is 2.22. The van der Waals surface area contributed by atoms with Gasteiger partial charge >= 0.3 is 0 Å². The summed E-state index contributed by atoms with van der Waals surface area (Å²) in [7, 11) is 3.31. The molecule has 2 rings (SSSR count). The van der Waals surface area contributed by atoms with Crippen LogP contribution < -0.4 is 15.4 Å². The summed E-state index contributed by atoms with van der Waals surface area (Å²) in [6.07, 6.45) is 0.